The van der Waals surface area contributed by atoms with Crippen molar-refractivity contribution < 1.29 is 14.1 Å². The van der Waals surface area contributed by atoms with Crippen LogP contribution in [0.2, 0.25) is 0 Å². The van der Waals surface area contributed by atoms with Gasteiger partial charge in [-0.25, -0.2) is 9.18 Å². The highest BCUT2D eigenvalue weighted by atomic mass is 19.1. The molecule has 0 fully saturated rings. The number of nitro benzene ring substituents is 1. The summed E-state index contributed by atoms with van der Waals surface area (Å²) in [5.41, 5.74) is -1.03. The first kappa shape index (κ1) is 16.3. The van der Waals surface area contributed by atoms with Crippen LogP contribution in [0.3, 0.4) is 0 Å². The van der Waals surface area contributed by atoms with Crippen molar-refractivity contribution in [2.24, 2.45) is 0 Å². The summed E-state index contributed by atoms with van der Waals surface area (Å²) in [5.74, 6) is -1.35. The highest BCUT2D eigenvalue weighted by Gasteiger charge is 2.16. The fraction of sp³-hybridized carbons (Fsp3) is 0.333. The summed E-state index contributed by atoms with van der Waals surface area (Å²) in [6, 6.07) is 2.31. The van der Waals surface area contributed by atoms with Crippen molar-refractivity contribution >= 4 is 23.4 Å². The predicted molar refractivity (Wildman–Crippen MR) is 75.8 cm³/mol. The third kappa shape index (κ3) is 5.43. The van der Waals surface area contributed by atoms with Crippen molar-refractivity contribution in [2.75, 3.05) is 5.32 Å². The van der Waals surface area contributed by atoms with E-state index in [9.17, 15) is 19.3 Å². The molecule has 0 aliphatic carbocycles. The van der Waals surface area contributed by atoms with E-state index in [2.05, 4.69) is 16.0 Å². The molecule has 0 aromatic heterocycles. The Morgan fingerprint density at radius 3 is 2.48 bits per heavy atom. The maximum absolute atomic E-state index is 13.6. The number of urea groups is 1. The van der Waals surface area contributed by atoms with E-state index in [4.69, 9.17) is 5.41 Å². The molecule has 114 valence electrons. The van der Waals surface area contributed by atoms with Crippen LogP contribution in [0.4, 0.5) is 20.6 Å². The average molecular weight is 297 g/mol. The molecule has 0 spiro atoms. The van der Waals surface area contributed by atoms with E-state index < -0.39 is 34.0 Å². The Morgan fingerprint density at radius 1 is 1.38 bits per heavy atom. The molecule has 8 nitrogen and oxygen atoms in total. The number of rotatable bonds is 2. The zero-order valence-electron chi connectivity index (χ0n) is 11.8. The van der Waals surface area contributed by atoms with Crippen molar-refractivity contribution in [2.45, 2.75) is 26.3 Å². The minimum Gasteiger partial charge on any atom is -0.333 e. The summed E-state index contributed by atoms with van der Waals surface area (Å²) in [5, 5.41) is 25.0. The van der Waals surface area contributed by atoms with Crippen LogP contribution in [0.15, 0.2) is 18.2 Å². The number of halogens is 1. The standard InChI is InChI=1S/C12H16FN5O3/c1-12(2,3)17-11(19)16-10(14)15-9-5-4-7(18(20)21)6-8(9)13/h4-6H,1-3H3,(H4,14,15,16,17,19). The number of hydrogen-bond acceptors (Lipinski definition) is 4. The highest BCUT2D eigenvalue weighted by molar-refractivity contribution is 6.02. The molecule has 0 atom stereocenters. The van der Waals surface area contributed by atoms with Gasteiger partial charge in [0.2, 0.25) is 5.96 Å². The van der Waals surface area contributed by atoms with Crippen LogP contribution >= 0.6 is 0 Å². The molecule has 1 rings (SSSR count). The van der Waals surface area contributed by atoms with Crippen LogP contribution in [0, 0.1) is 21.3 Å². The topological polar surface area (TPSA) is 120 Å². The molecule has 0 unspecified atom stereocenters. The second-order valence-electron chi connectivity index (χ2n) is 5.25. The highest BCUT2D eigenvalue weighted by Crippen LogP contribution is 2.20. The predicted octanol–water partition coefficient (Wildman–Crippen LogP) is 2.18. The molecule has 0 aliphatic heterocycles. The van der Waals surface area contributed by atoms with E-state index in [0.717, 1.165) is 18.2 Å². The number of guanidine groups is 1. The second kappa shape index (κ2) is 6.16. The van der Waals surface area contributed by atoms with E-state index in [1.807, 2.05) is 0 Å². The number of hydrogen-bond donors (Lipinski definition) is 4. The Hall–Kier alpha value is -2.71. The maximum Gasteiger partial charge on any atom is 0.321 e. The molecule has 4 N–H and O–H groups in total. The SMILES string of the molecule is CC(C)(C)NC(=O)NC(=N)Nc1ccc([N+](=O)[O-])cc1F. The van der Waals surface area contributed by atoms with Gasteiger partial charge < -0.3 is 10.6 Å². The van der Waals surface area contributed by atoms with Crippen molar-refractivity contribution in [3.8, 4) is 0 Å². The van der Waals surface area contributed by atoms with Gasteiger partial charge in [-0.05, 0) is 26.8 Å². The van der Waals surface area contributed by atoms with Crippen LogP contribution in [0.5, 0.6) is 0 Å². The summed E-state index contributed by atoms with van der Waals surface area (Å²) in [6.07, 6.45) is 0. The number of nitrogens with one attached hydrogen (secondary N) is 4. The average Bonchev–Trinajstić information content (AvgIpc) is 2.28. The number of anilines is 1. The van der Waals surface area contributed by atoms with Gasteiger partial charge >= 0.3 is 6.03 Å². The number of amides is 2. The number of carbonyl (C=O) groups excluding carboxylic acids is 1. The van der Waals surface area contributed by atoms with Crippen molar-refractivity contribution in [1.29, 1.82) is 5.41 Å². The lowest BCUT2D eigenvalue weighted by Gasteiger charge is -2.21. The minimum absolute atomic E-state index is 0.151. The molecule has 2 amide bonds. The molecule has 0 saturated heterocycles. The van der Waals surface area contributed by atoms with E-state index in [1.165, 1.54) is 0 Å². The molecule has 0 heterocycles. The first-order valence-electron chi connectivity index (χ1n) is 5.97. The lowest BCUT2D eigenvalue weighted by Crippen LogP contribution is -2.49. The summed E-state index contributed by atoms with van der Waals surface area (Å²) >= 11 is 0. The number of non-ortho nitro benzene ring substituents is 1. The summed E-state index contributed by atoms with van der Waals surface area (Å²) in [7, 11) is 0. The minimum atomic E-state index is -0.896. The van der Waals surface area contributed by atoms with Crippen LogP contribution in [0.1, 0.15) is 20.8 Å². The van der Waals surface area contributed by atoms with Crippen molar-refractivity contribution in [3.05, 3.63) is 34.1 Å². The molecular formula is C12H16FN5O3. The molecule has 0 saturated carbocycles. The van der Waals surface area contributed by atoms with Gasteiger partial charge in [-0.3, -0.25) is 20.8 Å². The maximum atomic E-state index is 13.6. The third-order valence-electron chi connectivity index (χ3n) is 2.15. The molecule has 0 bridgehead atoms. The Bertz CT molecular complexity index is 583. The van der Waals surface area contributed by atoms with Gasteiger partial charge in [-0.2, -0.15) is 0 Å². The van der Waals surface area contributed by atoms with E-state index >= 15 is 0 Å². The quantitative estimate of drug-likeness (QED) is 0.289. The number of nitro groups is 1. The zero-order valence-corrected chi connectivity index (χ0v) is 11.8. The van der Waals surface area contributed by atoms with E-state index in [0.29, 0.717) is 0 Å². The zero-order chi connectivity index (χ0) is 16.2. The summed E-state index contributed by atoms with van der Waals surface area (Å²) in [6.45, 7) is 5.29. The summed E-state index contributed by atoms with van der Waals surface area (Å²) < 4.78 is 13.6. The smallest absolute Gasteiger partial charge is 0.321 e. The number of carbonyl (C=O) groups is 1. The summed E-state index contributed by atoms with van der Waals surface area (Å²) in [4.78, 5) is 21.2. The van der Waals surface area contributed by atoms with Crippen molar-refractivity contribution in [1.82, 2.24) is 10.6 Å². The third-order valence-corrected chi connectivity index (χ3v) is 2.15. The number of nitrogens with zero attached hydrogens (tertiary/aromatic N) is 1. The fourth-order valence-corrected chi connectivity index (χ4v) is 1.37. The van der Waals surface area contributed by atoms with Gasteiger partial charge in [0, 0.05) is 11.6 Å². The van der Waals surface area contributed by atoms with Gasteiger partial charge in [-0.1, -0.05) is 0 Å². The van der Waals surface area contributed by atoms with Gasteiger partial charge in [0.25, 0.3) is 5.69 Å². The first-order valence-corrected chi connectivity index (χ1v) is 5.97. The Labute approximate surface area is 120 Å². The first-order chi connectivity index (χ1) is 9.58. The Kier molecular flexibility index (Phi) is 4.79. The van der Waals surface area contributed by atoms with Crippen LogP contribution in [-0.4, -0.2) is 22.5 Å². The molecule has 1 aromatic carbocycles. The van der Waals surface area contributed by atoms with Gasteiger partial charge in [0.05, 0.1) is 16.7 Å². The molecule has 21 heavy (non-hydrogen) atoms. The fourth-order valence-electron chi connectivity index (χ4n) is 1.37. The van der Waals surface area contributed by atoms with Crippen LogP contribution in [0.25, 0.3) is 0 Å². The lowest BCUT2D eigenvalue weighted by atomic mass is 10.1. The molecule has 9 heteroatoms. The van der Waals surface area contributed by atoms with Crippen LogP contribution < -0.4 is 16.0 Å². The van der Waals surface area contributed by atoms with E-state index in [-0.39, 0.29) is 5.69 Å². The van der Waals surface area contributed by atoms with Crippen molar-refractivity contribution in [3.63, 3.8) is 0 Å². The molecule has 1 aromatic rings. The Balaban J connectivity index is 2.67. The van der Waals surface area contributed by atoms with E-state index in [1.54, 1.807) is 20.8 Å². The number of benzene rings is 1. The Morgan fingerprint density at radius 2 is 2.00 bits per heavy atom. The normalized spacial score (nSPS) is 10.7. The van der Waals surface area contributed by atoms with Crippen LogP contribution in [-0.2, 0) is 0 Å². The molecule has 0 radical (unpaired) electrons. The molecule has 0 aliphatic rings. The van der Waals surface area contributed by atoms with Gasteiger partial charge in [0.1, 0.15) is 0 Å². The largest absolute Gasteiger partial charge is 0.333 e. The van der Waals surface area contributed by atoms with Gasteiger partial charge in [-0.15, -0.1) is 0 Å². The van der Waals surface area contributed by atoms with Gasteiger partial charge in [0.15, 0.2) is 5.82 Å². The monoisotopic (exact) mass is 297 g/mol. The molecular weight excluding hydrogens is 281 g/mol. The second-order valence-corrected chi connectivity index (χ2v) is 5.25. The lowest BCUT2D eigenvalue weighted by molar-refractivity contribution is -0.385.